The van der Waals surface area contributed by atoms with Gasteiger partial charge in [-0.1, -0.05) is 30.3 Å². The fourth-order valence-electron chi connectivity index (χ4n) is 3.10. The summed E-state index contributed by atoms with van der Waals surface area (Å²) in [5, 5.41) is 13.4. The summed E-state index contributed by atoms with van der Waals surface area (Å²) in [7, 11) is 0. The molecule has 2 aromatic rings. The number of hydrogen-bond acceptors (Lipinski definition) is 4. The molecule has 0 bridgehead atoms. The van der Waals surface area contributed by atoms with Crippen LogP contribution in [0.4, 0.5) is 11.4 Å². The summed E-state index contributed by atoms with van der Waals surface area (Å²) in [4.78, 5) is 36.7. The third-order valence-corrected chi connectivity index (χ3v) is 4.62. The largest absolute Gasteiger partial charge is 0.335 e. The van der Waals surface area contributed by atoms with Crippen molar-refractivity contribution < 1.29 is 14.5 Å². The Labute approximate surface area is 150 Å². The van der Waals surface area contributed by atoms with E-state index in [2.05, 4.69) is 5.32 Å². The van der Waals surface area contributed by atoms with Gasteiger partial charge in [-0.3, -0.25) is 19.7 Å². The van der Waals surface area contributed by atoms with E-state index in [1.807, 2.05) is 37.3 Å². The number of carbonyl (C=O) groups is 2. The second-order valence-corrected chi connectivity index (χ2v) is 6.33. The second kappa shape index (κ2) is 7.35. The van der Waals surface area contributed by atoms with Crippen LogP contribution in [0.5, 0.6) is 0 Å². The first-order chi connectivity index (χ1) is 12.5. The summed E-state index contributed by atoms with van der Waals surface area (Å²) < 4.78 is 0. The minimum absolute atomic E-state index is 0.0399. The third kappa shape index (κ3) is 3.72. The fourth-order valence-corrected chi connectivity index (χ4v) is 3.10. The van der Waals surface area contributed by atoms with E-state index in [4.69, 9.17) is 0 Å². The average Bonchev–Trinajstić information content (AvgIpc) is 3.04. The van der Waals surface area contributed by atoms with Crippen LogP contribution in [-0.4, -0.2) is 28.2 Å². The number of likely N-dealkylation sites (tertiary alicyclic amines) is 1. The van der Waals surface area contributed by atoms with Crippen molar-refractivity contribution in [2.24, 2.45) is 5.92 Å². The predicted octanol–water partition coefficient (Wildman–Crippen LogP) is 3.14. The topological polar surface area (TPSA) is 92.6 Å². The van der Waals surface area contributed by atoms with Crippen LogP contribution in [0.3, 0.4) is 0 Å². The molecule has 1 aliphatic rings. The van der Waals surface area contributed by atoms with E-state index in [0.717, 1.165) is 5.56 Å². The summed E-state index contributed by atoms with van der Waals surface area (Å²) in [5.74, 6) is -0.746. The molecule has 1 heterocycles. The van der Waals surface area contributed by atoms with Crippen LogP contribution in [0.25, 0.3) is 0 Å². The van der Waals surface area contributed by atoms with Crippen LogP contribution >= 0.6 is 0 Å². The lowest BCUT2D eigenvalue weighted by molar-refractivity contribution is -0.384. The maximum absolute atomic E-state index is 12.5. The minimum atomic E-state index is -0.496. The first-order valence-corrected chi connectivity index (χ1v) is 8.35. The number of nitro groups is 1. The molecule has 7 heteroatoms. The fraction of sp³-hybridized carbons (Fsp3) is 0.263. The van der Waals surface area contributed by atoms with Gasteiger partial charge in [0, 0.05) is 30.8 Å². The van der Waals surface area contributed by atoms with Gasteiger partial charge in [-0.05, 0) is 24.6 Å². The van der Waals surface area contributed by atoms with E-state index in [-0.39, 0.29) is 30.0 Å². The molecule has 2 amide bonds. The van der Waals surface area contributed by atoms with Crippen molar-refractivity contribution in [3.05, 3.63) is 70.3 Å². The number of benzene rings is 2. The quantitative estimate of drug-likeness (QED) is 0.660. The Kier molecular flexibility index (Phi) is 4.97. The standard InChI is InChI=1S/C19H19N3O4/c1-13(14-5-3-2-4-6-14)21-12-15(11-18(21)23)19(24)20-16-7-9-17(10-8-16)22(25)26/h2-10,13,15H,11-12H2,1H3,(H,20,24)/t13-,15+/m1/s1. The molecule has 1 fully saturated rings. The molecule has 7 nitrogen and oxygen atoms in total. The molecule has 0 saturated carbocycles. The minimum Gasteiger partial charge on any atom is -0.335 e. The summed E-state index contributed by atoms with van der Waals surface area (Å²) in [6, 6.07) is 15.2. The predicted molar refractivity (Wildman–Crippen MR) is 96.4 cm³/mol. The van der Waals surface area contributed by atoms with E-state index in [0.29, 0.717) is 12.2 Å². The van der Waals surface area contributed by atoms with Gasteiger partial charge in [-0.15, -0.1) is 0 Å². The van der Waals surface area contributed by atoms with E-state index in [9.17, 15) is 19.7 Å². The summed E-state index contributed by atoms with van der Waals surface area (Å²) >= 11 is 0. The number of rotatable bonds is 5. The molecular weight excluding hydrogens is 334 g/mol. The zero-order chi connectivity index (χ0) is 18.7. The Morgan fingerprint density at radius 1 is 1.19 bits per heavy atom. The first-order valence-electron chi connectivity index (χ1n) is 8.35. The number of hydrogen-bond donors (Lipinski definition) is 1. The molecule has 0 spiro atoms. The van der Waals surface area contributed by atoms with Crippen molar-refractivity contribution in [2.45, 2.75) is 19.4 Å². The lowest BCUT2D eigenvalue weighted by atomic mass is 10.1. The van der Waals surface area contributed by atoms with Crippen molar-refractivity contribution in [1.82, 2.24) is 4.90 Å². The van der Waals surface area contributed by atoms with Crippen LogP contribution in [0.1, 0.15) is 24.9 Å². The SMILES string of the molecule is C[C@H](c1ccccc1)N1C[C@@H](C(=O)Nc2ccc([N+](=O)[O-])cc2)CC1=O. The highest BCUT2D eigenvalue weighted by Gasteiger charge is 2.37. The van der Waals surface area contributed by atoms with Crippen LogP contribution in [0, 0.1) is 16.0 Å². The van der Waals surface area contributed by atoms with Crippen LogP contribution < -0.4 is 5.32 Å². The Hall–Kier alpha value is -3.22. The van der Waals surface area contributed by atoms with Gasteiger partial charge in [0.05, 0.1) is 16.9 Å². The molecule has 3 rings (SSSR count). The van der Waals surface area contributed by atoms with Crippen LogP contribution in [0.15, 0.2) is 54.6 Å². The molecule has 134 valence electrons. The molecule has 0 aliphatic carbocycles. The maximum atomic E-state index is 12.5. The lowest BCUT2D eigenvalue weighted by Crippen LogP contribution is -2.30. The van der Waals surface area contributed by atoms with Crippen LogP contribution in [-0.2, 0) is 9.59 Å². The van der Waals surface area contributed by atoms with Gasteiger partial charge in [0.1, 0.15) is 0 Å². The van der Waals surface area contributed by atoms with Gasteiger partial charge in [0.15, 0.2) is 0 Å². The van der Waals surface area contributed by atoms with E-state index in [1.165, 1.54) is 24.3 Å². The summed E-state index contributed by atoms with van der Waals surface area (Å²) in [6.07, 6.45) is 0.163. The Bertz CT molecular complexity index is 820. The normalized spacial score (nSPS) is 17.8. The molecule has 0 radical (unpaired) electrons. The Morgan fingerprint density at radius 2 is 1.85 bits per heavy atom. The number of nitro benzene ring substituents is 1. The highest BCUT2D eigenvalue weighted by molar-refractivity contribution is 5.97. The van der Waals surface area contributed by atoms with Gasteiger partial charge in [-0.25, -0.2) is 0 Å². The number of nitrogens with one attached hydrogen (secondary N) is 1. The Morgan fingerprint density at radius 3 is 2.46 bits per heavy atom. The number of nitrogens with zero attached hydrogens (tertiary/aromatic N) is 2. The van der Waals surface area contributed by atoms with E-state index in [1.54, 1.807) is 4.90 Å². The zero-order valence-electron chi connectivity index (χ0n) is 14.3. The maximum Gasteiger partial charge on any atom is 0.269 e. The monoisotopic (exact) mass is 353 g/mol. The first kappa shape index (κ1) is 17.6. The third-order valence-electron chi connectivity index (χ3n) is 4.62. The van der Waals surface area contributed by atoms with Gasteiger partial charge in [0.25, 0.3) is 5.69 Å². The number of anilines is 1. The molecule has 1 N–H and O–H groups in total. The van der Waals surface area contributed by atoms with E-state index < -0.39 is 10.8 Å². The van der Waals surface area contributed by atoms with Gasteiger partial charge < -0.3 is 10.2 Å². The Balaban J connectivity index is 1.64. The average molecular weight is 353 g/mol. The molecule has 2 atom stereocenters. The molecule has 0 aromatic heterocycles. The molecule has 1 aliphatic heterocycles. The number of carbonyl (C=O) groups excluding carboxylic acids is 2. The summed E-state index contributed by atoms with van der Waals surface area (Å²) in [6.45, 7) is 2.30. The van der Waals surface area contributed by atoms with E-state index >= 15 is 0 Å². The molecule has 2 aromatic carbocycles. The van der Waals surface area contributed by atoms with Crippen molar-refractivity contribution in [2.75, 3.05) is 11.9 Å². The van der Waals surface area contributed by atoms with Crippen molar-refractivity contribution >= 4 is 23.2 Å². The second-order valence-electron chi connectivity index (χ2n) is 6.33. The summed E-state index contributed by atoms with van der Waals surface area (Å²) in [5.41, 5.74) is 1.46. The zero-order valence-corrected chi connectivity index (χ0v) is 14.3. The van der Waals surface area contributed by atoms with Gasteiger partial charge in [-0.2, -0.15) is 0 Å². The van der Waals surface area contributed by atoms with Gasteiger partial charge >= 0.3 is 0 Å². The number of amides is 2. The molecule has 1 saturated heterocycles. The molecule has 26 heavy (non-hydrogen) atoms. The van der Waals surface area contributed by atoms with Gasteiger partial charge in [0.2, 0.25) is 11.8 Å². The number of non-ortho nitro benzene ring substituents is 1. The van der Waals surface area contributed by atoms with Crippen LogP contribution in [0.2, 0.25) is 0 Å². The molecule has 0 unspecified atom stereocenters. The lowest BCUT2D eigenvalue weighted by Gasteiger charge is -2.25. The molecular formula is C19H19N3O4. The van der Waals surface area contributed by atoms with Crippen molar-refractivity contribution in [1.29, 1.82) is 0 Å². The highest BCUT2D eigenvalue weighted by Crippen LogP contribution is 2.29. The smallest absolute Gasteiger partial charge is 0.269 e. The highest BCUT2D eigenvalue weighted by atomic mass is 16.6. The van der Waals surface area contributed by atoms with Crippen molar-refractivity contribution in [3.8, 4) is 0 Å². The van der Waals surface area contributed by atoms with Crippen molar-refractivity contribution in [3.63, 3.8) is 0 Å².